The summed E-state index contributed by atoms with van der Waals surface area (Å²) < 4.78 is 28.5. The number of sulfonamides is 1. The van der Waals surface area contributed by atoms with Crippen molar-refractivity contribution in [3.8, 4) is 0 Å². The molecule has 170 valence electrons. The van der Waals surface area contributed by atoms with Crippen molar-refractivity contribution in [1.82, 2.24) is 0 Å². The fraction of sp³-hybridized carbons (Fsp3) is 0.240. The van der Waals surface area contributed by atoms with Crippen molar-refractivity contribution in [3.63, 3.8) is 0 Å². The van der Waals surface area contributed by atoms with Crippen LogP contribution in [0.5, 0.6) is 0 Å². The molecule has 0 saturated carbocycles. The number of fused-ring (bicyclic) bond motifs is 1. The maximum Gasteiger partial charge on any atom is 0.261 e. The van der Waals surface area contributed by atoms with Crippen LogP contribution in [-0.2, 0) is 15.4 Å². The van der Waals surface area contributed by atoms with Gasteiger partial charge in [-0.25, -0.2) is 8.42 Å². The minimum atomic E-state index is -3.74. The van der Waals surface area contributed by atoms with E-state index in [1.807, 2.05) is 62.3 Å². The Morgan fingerprint density at radius 1 is 0.879 bits per heavy atom. The van der Waals surface area contributed by atoms with Crippen molar-refractivity contribution in [2.24, 2.45) is 15.2 Å². The van der Waals surface area contributed by atoms with E-state index in [9.17, 15) is 8.42 Å². The van der Waals surface area contributed by atoms with E-state index < -0.39 is 10.0 Å². The lowest BCUT2D eigenvalue weighted by Gasteiger charge is -2.20. The molecule has 4 rings (SSSR count). The Morgan fingerprint density at radius 3 is 2.03 bits per heavy atom. The van der Waals surface area contributed by atoms with Gasteiger partial charge in [0.25, 0.3) is 10.0 Å². The van der Waals surface area contributed by atoms with E-state index in [-0.39, 0.29) is 10.3 Å². The van der Waals surface area contributed by atoms with Crippen LogP contribution in [0.3, 0.4) is 0 Å². The topological polar surface area (TPSA) is 86.5 Å². The van der Waals surface area contributed by atoms with Gasteiger partial charge in [0, 0.05) is 36.6 Å². The molecule has 0 aliphatic carbocycles. The van der Waals surface area contributed by atoms with Crippen LogP contribution in [0.15, 0.2) is 86.8 Å². The first-order valence-corrected chi connectivity index (χ1v) is 12.1. The zero-order valence-electron chi connectivity index (χ0n) is 19.4. The summed E-state index contributed by atoms with van der Waals surface area (Å²) in [6.45, 7) is 6.15. The van der Waals surface area contributed by atoms with Gasteiger partial charge < -0.3 is 4.90 Å². The molecular formula is C25H27N5O2S. The number of rotatable bonds is 6. The molecule has 0 amide bonds. The highest BCUT2D eigenvalue weighted by atomic mass is 32.2. The standard InChI is InChI=1S/C25H27N5O2S/c1-17-25(2,3)23-16-20(10-15-24(23)26-17)29-33(31,32)22-13-8-19(9-14-22)28-27-18-6-11-21(12-7-18)30(4)5/h6-16,29H,1-5H3/b28-27+. The number of nitrogens with one attached hydrogen (secondary N) is 1. The molecule has 0 unspecified atom stereocenters. The first-order valence-electron chi connectivity index (χ1n) is 10.6. The van der Waals surface area contributed by atoms with E-state index in [4.69, 9.17) is 0 Å². The summed E-state index contributed by atoms with van der Waals surface area (Å²) in [5, 5.41) is 8.42. The van der Waals surface area contributed by atoms with Gasteiger partial charge in [-0.05, 0) is 79.2 Å². The molecule has 0 atom stereocenters. The van der Waals surface area contributed by atoms with Gasteiger partial charge in [-0.3, -0.25) is 9.71 Å². The van der Waals surface area contributed by atoms with Crippen LogP contribution in [-0.4, -0.2) is 28.2 Å². The number of hydrogen-bond acceptors (Lipinski definition) is 6. The zero-order valence-corrected chi connectivity index (χ0v) is 20.2. The van der Waals surface area contributed by atoms with Gasteiger partial charge in [-0.1, -0.05) is 13.8 Å². The minimum absolute atomic E-state index is 0.156. The Hall–Kier alpha value is -3.52. The average Bonchev–Trinajstić information content (AvgIpc) is 3.01. The molecule has 1 aliphatic rings. The Morgan fingerprint density at radius 2 is 1.45 bits per heavy atom. The lowest BCUT2D eigenvalue weighted by Crippen LogP contribution is -2.23. The Balaban J connectivity index is 1.48. The molecule has 1 heterocycles. The summed E-state index contributed by atoms with van der Waals surface area (Å²) in [6.07, 6.45) is 0. The van der Waals surface area contributed by atoms with Gasteiger partial charge in [-0.15, -0.1) is 0 Å². The summed E-state index contributed by atoms with van der Waals surface area (Å²) >= 11 is 0. The van der Waals surface area contributed by atoms with Gasteiger partial charge in [0.2, 0.25) is 0 Å². The molecule has 8 heteroatoms. The van der Waals surface area contributed by atoms with Crippen molar-refractivity contribution >= 4 is 44.2 Å². The average molecular weight is 462 g/mol. The molecular weight excluding hydrogens is 434 g/mol. The largest absolute Gasteiger partial charge is 0.378 e. The quantitative estimate of drug-likeness (QED) is 0.434. The van der Waals surface area contributed by atoms with Crippen molar-refractivity contribution in [1.29, 1.82) is 0 Å². The van der Waals surface area contributed by atoms with Crippen LogP contribution in [0.4, 0.5) is 28.4 Å². The zero-order chi connectivity index (χ0) is 23.8. The van der Waals surface area contributed by atoms with Crippen molar-refractivity contribution < 1.29 is 8.42 Å². The molecule has 3 aromatic rings. The number of nitrogens with zero attached hydrogens (tertiary/aromatic N) is 4. The number of hydrogen-bond donors (Lipinski definition) is 1. The normalized spacial score (nSPS) is 14.8. The maximum atomic E-state index is 12.9. The summed E-state index contributed by atoms with van der Waals surface area (Å²) in [5.74, 6) is 0. The van der Waals surface area contributed by atoms with Crippen LogP contribution in [0.25, 0.3) is 0 Å². The third kappa shape index (κ3) is 4.66. The molecule has 1 N–H and O–H groups in total. The predicted octanol–water partition coefficient (Wildman–Crippen LogP) is 6.35. The molecule has 3 aromatic carbocycles. The van der Waals surface area contributed by atoms with E-state index in [2.05, 4.69) is 33.8 Å². The molecule has 0 aromatic heterocycles. The summed E-state index contributed by atoms with van der Waals surface area (Å²) in [5.41, 5.74) is 5.55. The predicted molar refractivity (Wildman–Crippen MR) is 134 cm³/mol. The van der Waals surface area contributed by atoms with Gasteiger partial charge in [0.15, 0.2) is 0 Å². The second kappa shape index (κ2) is 8.44. The van der Waals surface area contributed by atoms with Crippen molar-refractivity contribution in [2.45, 2.75) is 31.1 Å². The molecule has 0 saturated heterocycles. The highest BCUT2D eigenvalue weighted by molar-refractivity contribution is 7.92. The minimum Gasteiger partial charge on any atom is -0.378 e. The van der Waals surface area contributed by atoms with Gasteiger partial charge in [-0.2, -0.15) is 10.2 Å². The maximum absolute atomic E-state index is 12.9. The van der Waals surface area contributed by atoms with Crippen LogP contribution >= 0.6 is 0 Å². The van der Waals surface area contributed by atoms with Gasteiger partial charge in [0.05, 0.1) is 22.0 Å². The highest BCUT2D eigenvalue weighted by Gasteiger charge is 2.32. The monoisotopic (exact) mass is 461 g/mol. The second-order valence-electron chi connectivity index (χ2n) is 8.76. The molecule has 0 bridgehead atoms. The van der Waals surface area contributed by atoms with E-state index in [0.717, 1.165) is 28.3 Å². The van der Waals surface area contributed by atoms with Crippen LogP contribution in [0.1, 0.15) is 26.3 Å². The van der Waals surface area contributed by atoms with Crippen LogP contribution in [0.2, 0.25) is 0 Å². The summed E-state index contributed by atoms with van der Waals surface area (Å²) in [4.78, 5) is 6.74. The van der Waals surface area contributed by atoms with Gasteiger partial charge in [0.1, 0.15) is 0 Å². The first kappa shape index (κ1) is 22.7. The summed E-state index contributed by atoms with van der Waals surface area (Å²) in [6, 6.07) is 19.4. The third-order valence-corrected chi connectivity index (χ3v) is 7.31. The molecule has 7 nitrogen and oxygen atoms in total. The van der Waals surface area contributed by atoms with E-state index in [0.29, 0.717) is 11.4 Å². The summed E-state index contributed by atoms with van der Waals surface area (Å²) in [7, 11) is 0.205. The number of anilines is 2. The fourth-order valence-electron chi connectivity index (χ4n) is 3.55. The lowest BCUT2D eigenvalue weighted by atomic mass is 9.82. The van der Waals surface area contributed by atoms with E-state index in [1.54, 1.807) is 18.2 Å². The molecule has 33 heavy (non-hydrogen) atoms. The van der Waals surface area contributed by atoms with Crippen LogP contribution in [0, 0.1) is 0 Å². The van der Waals surface area contributed by atoms with Crippen LogP contribution < -0.4 is 9.62 Å². The molecule has 1 aliphatic heterocycles. The molecule has 0 fully saturated rings. The molecule has 0 spiro atoms. The Kier molecular flexibility index (Phi) is 5.80. The van der Waals surface area contributed by atoms with Crippen molar-refractivity contribution in [3.05, 3.63) is 72.3 Å². The number of azo groups is 1. The Labute approximate surface area is 195 Å². The smallest absolute Gasteiger partial charge is 0.261 e. The second-order valence-corrected chi connectivity index (χ2v) is 10.4. The first-order chi connectivity index (χ1) is 15.6. The SMILES string of the molecule is CC1=Nc2ccc(NS(=O)(=O)c3ccc(/N=N/c4ccc(N(C)C)cc4)cc3)cc2C1(C)C. The third-order valence-electron chi connectivity index (χ3n) is 5.91. The number of aliphatic imine (C=N–C) groups is 1. The Bertz CT molecular complexity index is 1340. The van der Waals surface area contributed by atoms with E-state index in [1.165, 1.54) is 12.1 Å². The van der Waals surface area contributed by atoms with Crippen molar-refractivity contribution in [2.75, 3.05) is 23.7 Å². The molecule has 0 radical (unpaired) electrons. The highest BCUT2D eigenvalue weighted by Crippen LogP contribution is 2.41. The lowest BCUT2D eigenvalue weighted by molar-refractivity contribution is 0.601. The fourth-order valence-corrected chi connectivity index (χ4v) is 4.60. The van der Waals surface area contributed by atoms with E-state index >= 15 is 0 Å². The number of benzene rings is 3. The van der Waals surface area contributed by atoms with Gasteiger partial charge >= 0.3 is 0 Å².